The molecule has 2 spiro atoms. The molecule has 0 aliphatic heterocycles. The Hall–Kier alpha value is -12.9. The van der Waals surface area contributed by atoms with Crippen molar-refractivity contribution in [3.8, 4) is 55.9 Å². The maximum Gasteiger partial charge on any atom is 0.0726 e. The van der Waals surface area contributed by atoms with Gasteiger partial charge >= 0.3 is 0 Å². The third-order valence-electron chi connectivity index (χ3n) is 24.1. The van der Waals surface area contributed by atoms with E-state index in [9.17, 15) is 0 Å². The van der Waals surface area contributed by atoms with Gasteiger partial charge in [0.2, 0.25) is 0 Å². The van der Waals surface area contributed by atoms with Crippen LogP contribution in [0, 0.1) is 0 Å². The highest BCUT2D eigenvalue weighted by molar-refractivity contribution is 9.10. The minimum Gasteiger partial charge on any atom is -1.00 e. The molecule has 5 heteroatoms. The molecule has 18 aromatic carbocycles. The van der Waals surface area contributed by atoms with Gasteiger partial charge in [-0.2, -0.15) is 0 Å². The number of benzene rings is 18. The van der Waals surface area contributed by atoms with Crippen molar-refractivity contribution in [1.29, 1.82) is 0 Å². The molecular weight excluding hydrogens is 1550 g/mol. The molecule has 2 aromatic heterocycles. The maximum atomic E-state index is 3.79. The molecule has 113 heavy (non-hydrogen) atoms. The molecule has 0 fully saturated rings. The van der Waals surface area contributed by atoms with Gasteiger partial charge in [-0.05, 0) is 237 Å². The first-order valence-electron chi connectivity index (χ1n) is 38.4. The van der Waals surface area contributed by atoms with Crippen LogP contribution in [0.3, 0.4) is 0 Å². The summed E-state index contributed by atoms with van der Waals surface area (Å²) in [7, 11) is 0. The Labute approximate surface area is 683 Å². The fourth-order valence-corrected chi connectivity index (χ4v) is 20.1. The van der Waals surface area contributed by atoms with E-state index in [2.05, 4.69) is 442 Å². The zero-order valence-corrected chi connectivity index (χ0v) is 64.8. The predicted molar refractivity (Wildman–Crippen MR) is 474 cm³/mol. The molecule has 0 radical (unpaired) electrons. The molecule has 4 aliphatic rings. The van der Waals surface area contributed by atoms with Crippen LogP contribution in [0.5, 0.6) is 0 Å². The highest BCUT2D eigenvalue weighted by atomic mass is 127. The number of nitrogens with zero attached hydrogens (tertiary/aromatic N) is 3. The van der Waals surface area contributed by atoms with E-state index in [1.54, 1.807) is 0 Å². The zero-order valence-electron chi connectivity index (χ0n) is 61.1. The molecule has 0 bridgehead atoms. The van der Waals surface area contributed by atoms with E-state index in [-0.39, 0.29) is 31.4 Å². The van der Waals surface area contributed by atoms with Crippen LogP contribution in [0.2, 0.25) is 0 Å². The smallest absolute Gasteiger partial charge is 0.0726 e. The number of anilines is 3. The second-order valence-corrected chi connectivity index (χ2v) is 30.7. The first-order valence-corrected chi connectivity index (χ1v) is 39.2. The van der Waals surface area contributed by atoms with E-state index in [0.717, 1.165) is 33.6 Å². The van der Waals surface area contributed by atoms with Crippen LogP contribution in [0.15, 0.2) is 417 Å². The third kappa shape index (κ3) is 10.6. The number of para-hydroxylation sites is 4. The van der Waals surface area contributed by atoms with Crippen LogP contribution in [0.1, 0.15) is 63.1 Å². The van der Waals surface area contributed by atoms with Crippen molar-refractivity contribution >= 4 is 98.1 Å². The van der Waals surface area contributed by atoms with Gasteiger partial charge in [-0.3, -0.25) is 0 Å². The Kier molecular flexibility index (Phi) is 17.1. The summed E-state index contributed by atoms with van der Waals surface area (Å²) in [5.41, 5.74) is 33.7. The zero-order chi connectivity index (χ0) is 73.3. The van der Waals surface area contributed by atoms with Gasteiger partial charge in [0.15, 0.2) is 0 Å². The second kappa shape index (κ2) is 27.8. The number of aromatic nitrogens is 2. The number of hydrogen-bond acceptors (Lipinski definition) is 1. The molecule has 20 aromatic rings. The quantitative estimate of drug-likeness (QED) is 0.145. The lowest BCUT2D eigenvalue weighted by Gasteiger charge is -2.40. The van der Waals surface area contributed by atoms with Gasteiger partial charge in [0.05, 0.1) is 32.9 Å². The van der Waals surface area contributed by atoms with Crippen molar-refractivity contribution in [2.45, 2.75) is 24.7 Å². The minimum atomic E-state index is -0.483. The van der Waals surface area contributed by atoms with Crippen molar-refractivity contribution in [2.24, 2.45) is 0 Å². The number of fused-ring (bicyclic) bond motifs is 24. The minimum absolute atomic E-state index is 0. The summed E-state index contributed by atoms with van der Waals surface area (Å²) in [6.45, 7) is 0. The first kappa shape index (κ1) is 69.3. The van der Waals surface area contributed by atoms with Crippen LogP contribution >= 0.6 is 15.9 Å². The van der Waals surface area contributed by atoms with E-state index in [0.29, 0.717) is 0 Å². The normalized spacial score (nSPS) is 12.9. The monoisotopic (exact) mass is 1620 g/mol. The Morgan fingerprint density at radius 2 is 0.558 bits per heavy atom. The van der Waals surface area contributed by atoms with Crippen molar-refractivity contribution < 1.29 is 24.0 Å². The summed E-state index contributed by atoms with van der Waals surface area (Å²) in [6.07, 6.45) is 1.03. The molecule has 24 rings (SSSR count). The summed E-state index contributed by atoms with van der Waals surface area (Å²) in [4.78, 5) is 2.37. The lowest BCUT2D eigenvalue weighted by molar-refractivity contribution is -0.0000207. The van der Waals surface area contributed by atoms with Crippen LogP contribution < -0.4 is 28.9 Å². The standard InChI is InChI=1S/C53H34N2.C41H24BrN.C13H12.CH4.HI/c1-4-18-36(19-5-1)54(37-20-6-2-7-21-37)39-30-31-50-44(32-39)45-33-49-43(34-51(45)55(50)38-22-8-3-9-23-38)42-26-14-16-35-17-15-29-48(52(35)42)53(49)46-27-12-10-24-40(46)41-25-11-13-28-47(41)53;42-26-20-21-38-32(22-26)33-23-37-31(24-39(33)43(38)27-12-2-1-3-13-27)30-16-8-10-25-11-9-19-36(40(25)30)41(37)34-17-6-4-14-28(34)29-15-5-7-18-35(29)41;1-3-7-12(8-4-1)11-13-9-5-2-6-10-13;;/h1-34H;1-24H;1-10H,11H2;1H4;1H/p-1. The van der Waals surface area contributed by atoms with Crippen LogP contribution in [0.25, 0.3) is 121 Å². The average Bonchev–Trinajstić information content (AvgIpc) is 1.49. The van der Waals surface area contributed by atoms with Crippen LogP contribution in [0.4, 0.5) is 17.1 Å². The van der Waals surface area contributed by atoms with E-state index < -0.39 is 10.8 Å². The third-order valence-corrected chi connectivity index (χ3v) is 24.6. The van der Waals surface area contributed by atoms with Crippen molar-refractivity contribution in [1.82, 2.24) is 9.13 Å². The molecule has 2 heterocycles. The van der Waals surface area contributed by atoms with Crippen LogP contribution in [-0.4, -0.2) is 9.13 Å². The largest absolute Gasteiger partial charge is 1.00 e. The van der Waals surface area contributed by atoms with Crippen LogP contribution in [-0.2, 0) is 17.3 Å². The SMILES string of the molecule is Brc1ccc2c(c1)c1cc3c(cc1n2-c1ccccc1)-c1cccc2cccc(c12)C31c2ccccc2-c2ccccc21.C.[I-].c1ccc(Cc2ccccc2)cc1.c1ccc(N(c2ccccc2)c2ccc3c(c2)c2cc4c(cc2n3-c2ccccc2)-c2cccc3cccc(c23)C42c3ccccc3-c3ccccc32)cc1. The summed E-state index contributed by atoms with van der Waals surface area (Å²) in [5.74, 6) is 0. The Morgan fingerprint density at radius 3 is 0.965 bits per heavy atom. The summed E-state index contributed by atoms with van der Waals surface area (Å²) in [6, 6.07) is 152. The molecule has 0 N–H and O–H groups in total. The summed E-state index contributed by atoms with van der Waals surface area (Å²) < 4.78 is 5.99. The van der Waals surface area contributed by atoms with E-state index in [1.165, 1.54) is 171 Å². The van der Waals surface area contributed by atoms with Crippen molar-refractivity contribution in [3.63, 3.8) is 0 Å². The fourth-order valence-electron chi connectivity index (χ4n) is 19.7. The predicted octanol–water partition coefficient (Wildman–Crippen LogP) is 25.7. The number of rotatable bonds is 7. The Bertz CT molecular complexity index is 6930. The molecular formula is C108H74BrIN3-. The molecule has 0 atom stereocenters. The van der Waals surface area contributed by atoms with Gasteiger partial charge in [0, 0.05) is 54.5 Å². The number of halogens is 2. The molecule has 0 saturated heterocycles. The highest BCUT2D eigenvalue weighted by Crippen LogP contribution is 2.65. The van der Waals surface area contributed by atoms with Gasteiger partial charge in [-0.1, -0.05) is 327 Å². The first-order chi connectivity index (χ1) is 55.0. The van der Waals surface area contributed by atoms with Gasteiger partial charge in [-0.25, -0.2) is 0 Å². The Balaban J connectivity index is 0.000000127. The van der Waals surface area contributed by atoms with Gasteiger partial charge in [0.1, 0.15) is 0 Å². The molecule has 4 aliphatic carbocycles. The Morgan fingerprint density at radius 1 is 0.239 bits per heavy atom. The molecule has 3 nitrogen and oxygen atoms in total. The molecule has 0 amide bonds. The fraction of sp³-hybridized carbons (Fsp3) is 0.0370. The topological polar surface area (TPSA) is 13.1 Å². The molecule has 0 saturated carbocycles. The average molecular weight is 1620 g/mol. The number of hydrogen-bond donors (Lipinski definition) is 0. The van der Waals surface area contributed by atoms with Gasteiger partial charge in [-0.15, -0.1) is 0 Å². The van der Waals surface area contributed by atoms with E-state index in [1.807, 2.05) is 0 Å². The second-order valence-electron chi connectivity index (χ2n) is 29.8. The van der Waals surface area contributed by atoms with E-state index in [4.69, 9.17) is 0 Å². The molecule has 0 unspecified atom stereocenters. The summed E-state index contributed by atoms with van der Waals surface area (Å²) in [5, 5.41) is 10.3. The van der Waals surface area contributed by atoms with Crippen molar-refractivity contribution in [3.05, 3.63) is 473 Å². The summed E-state index contributed by atoms with van der Waals surface area (Å²) >= 11 is 3.79. The highest BCUT2D eigenvalue weighted by Gasteiger charge is 2.52. The lowest BCUT2D eigenvalue weighted by Crippen LogP contribution is -3.00. The maximum absolute atomic E-state index is 3.79. The molecule has 536 valence electrons. The van der Waals surface area contributed by atoms with E-state index >= 15 is 0 Å². The van der Waals surface area contributed by atoms with Crippen molar-refractivity contribution in [2.75, 3.05) is 4.90 Å². The van der Waals surface area contributed by atoms with Gasteiger partial charge in [0.25, 0.3) is 0 Å². The van der Waals surface area contributed by atoms with Gasteiger partial charge < -0.3 is 38.0 Å². The lowest BCUT2D eigenvalue weighted by atomic mass is 9.61.